The van der Waals surface area contributed by atoms with Crippen LogP contribution in [0.1, 0.15) is 37.0 Å². The number of hydrogen-bond acceptors (Lipinski definition) is 3. The number of H-pyrrole nitrogens is 1. The Bertz CT molecular complexity index is 605. The van der Waals surface area contributed by atoms with E-state index in [-0.39, 0.29) is 5.91 Å². The van der Waals surface area contributed by atoms with Crippen molar-refractivity contribution in [2.75, 3.05) is 11.9 Å². The molecule has 2 rings (SSSR count). The molecule has 5 heteroatoms. The number of ether oxygens (including phenoxy) is 1. The van der Waals surface area contributed by atoms with Gasteiger partial charge in [0.1, 0.15) is 5.75 Å². The standard InChI is InChI=1S/C16H21N3O2/c1-4-21-14-7-5-6-12(9-14)17-16(20)15-10-13(18-19-15)8-11(2)3/h5-7,9-11H,4,8H2,1-3H3,(H,17,20)(H,18,19). The quantitative estimate of drug-likeness (QED) is 0.857. The van der Waals surface area contributed by atoms with Gasteiger partial charge < -0.3 is 10.1 Å². The highest BCUT2D eigenvalue weighted by Crippen LogP contribution is 2.18. The van der Waals surface area contributed by atoms with E-state index in [4.69, 9.17) is 4.74 Å². The van der Waals surface area contributed by atoms with E-state index in [2.05, 4.69) is 29.4 Å². The number of hydrogen-bond donors (Lipinski definition) is 2. The summed E-state index contributed by atoms with van der Waals surface area (Å²) < 4.78 is 5.41. The lowest BCUT2D eigenvalue weighted by atomic mass is 10.1. The number of rotatable bonds is 6. The Morgan fingerprint density at radius 1 is 1.38 bits per heavy atom. The highest BCUT2D eigenvalue weighted by Gasteiger charge is 2.11. The van der Waals surface area contributed by atoms with E-state index < -0.39 is 0 Å². The summed E-state index contributed by atoms with van der Waals surface area (Å²) in [5.41, 5.74) is 2.06. The van der Waals surface area contributed by atoms with E-state index in [1.54, 1.807) is 12.1 Å². The number of nitrogens with one attached hydrogen (secondary N) is 2. The number of carbonyl (C=O) groups excluding carboxylic acids is 1. The molecule has 112 valence electrons. The van der Waals surface area contributed by atoms with Crippen molar-refractivity contribution in [1.29, 1.82) is 0 Å². The van der Waals surface area contributed by atoms with Gasteiger partial charge >= 0.3 is 0 Å². The monoisotopic (exact) mass is 287 g/mol. The molecule has 0 saturated carbocycles. The van der Waals surface area contributed by atoms with Gasteiger partial charge in [-0.25, -0.2) is 0 Å². The highest BCUT2D eigenvalue weighted by molar-refractivity contribution is 6.02. The Hall–Kier alpha value is -2.30. The zero-order chi connectivity index (χ0) is 15.2. The predicted octanol–water partition coefficient (Wildman–Crippen LogP) is 3.26. The lowest BCUT2D eigenvalue weighted by Crippen LogP contribution is -2.12. The molecule has 0 radical (unpaired) electrons. The SMILES string of the molecule is CCOc1cccc(NC(=O)c2cc(CC(C)C)[nH]n2)c1. The first-order valence-corrected chi connectivity index (χ1v) is 7.17. The van der Waals surface area contributed by atoms with Crippen LogP contribution in [0.4, 0.5) is 5.69 Å². The first kappa shape index (κ1) is 15.1. The van der Waals surface area contributed by atoms with Crippen LogP contribution in [-0.4, -0.2) is 22.7 Å². The van der Waals surface area contributed by atoms with Crippen LogP contribution in [0.25, 0.3) is 0 Å². The average molecular weight is 287 g/mol. The van der Waals surface area contributed by atoms with E-state index in [0.29, 0.717) is 23.9 Å². The van der Waals surface area contributed by atoms with Gasteiger partial charge in [-0.15, -0.1) is 0 Å². The van der Waals surface area contributed by atoms with Crippen molar-refractivity contribution < 1.29 is 9.53 Å². The Morgan fingerprint density at radius 3 is 2.90 bits per heavy atom. The van der Waals surface area contributed by atoms with Gasteiger partial charge in [0.05, 0.1) is 6.61 Å². The second kappa shape index (κ2) is 6.92. The largest absolute Gasteiger partial charge is 0.494 e. The summed E-state index contributed by atoms with van der Waals surface area (Å²) in [5.74, 6) is 1.02. The lowest BCUT2D eigenvalue weighted by molar-refractivity contribution is 0.102. The van der Waals surface area contributed by atoms with Gasteiger partial charge in [-0.05, 0) is 37.5 Å². The molecule has 0 aliphatic carbocycles. The van der Waals surface area contributed by atoms with Crippen molar-refractivity contribution in [2.45, 2.75) is 27.2 Å². The average Bonchev–Trinajstić information content (AvgIpc) is 2.87. The Kier molecular flexibility index (Phi) is 4.98. The molecule has 0 spiro atoms. The molecule has 1 aromatic heterocycles. The molecule has 0 aliphatic rings. The van der Waals surface area contributed by atoms with Crippen LogP contribution in [0, 0.1) is 5.92 Å². The van der Waals surface area contributed by atoms with Gasteiger partial charge in [-0.1, -0.05) is 19.9 Å². The van der Waals surface area contributed by atoms with Gasteiger partial charge in [0.15, 0.2) is 5.69 Å². The molecule has 1 heterocycles. The van der Waals surface area contributed by atoms with E-state index in [1.807, 2.05) is 25.1 Å². The van der Waals surface area contributed by atoms with Gasteiger partial charge in [0.25, 0.3) is 5.91 Å². The van der Waals surface area contributed by atoms with Crippen LogP contribution in [0.3, 0.4) is 0 Å². The molecule has 5 nitrogen and oxygen atoms in total. The maximum Gasteiger partial charge on any atom is 0.276 e. The maximum atomic E-state index is 12.1. The van der Waals surface area contributed by atoms with Crippen LogP contribution in [0.5, 0.6) is 5.75 Å². The van der Waals surface area contributed by atoms with Crippen LogP contribution >= 0.6 is 0 Å². The van der Waals surface area contributed by atoms with Crippen molar-refractivity contribution in [2.24, 2.45) is 5.92 Å². The molecule has 0 fully saturated rings. The Morgan fingerprint density at radius 2 is 2.19 bits per heavy atom. The van der Waals surface area contributed by atoms with Crippen LogP contribution in [0.2, 0.25) is 0 Å². The van der Waals surface area contributed by atoms with Crippen LogP contribution in [0.15, 0.2) is 30.3 Å². The van der Waals surface area contributed by atoms with E-state index in [1.165, 1.54) is 0 Å². The van der Waals surface area contributed by atoms with Crippen molar-refractivity contribution in [3.8, 4) is 5.75 Å². The summed E-state index contributed by atoms with van der Waals surface area (Å²) in [6.07, 6.45) is 0.875. The van der Waals surface area contributed by atoms with E-state index in [9.17, 15) is 4.79 Å². The highest BCUT2D eigenvalue weighted by atomic mass is 16.5. The predicted molar refractivity (Wildman–Crippen MR) is 82.7 cm³/mol. The number of carbonyl (C=O) groups is 1. The third-order valence-electron chi connectivity index (χ3n) is 2.89. The van der Waals surface area contributed by atoms with Crippen molar-refractivity contribution in [3.63, 3.8) is 0 Å². The van der Waals surface area contributed by atoms with Gasteiger partial charge in [-0.3, -0.25) is 9.89 Å². The number of anilines is 1. The molecule has 0 bridgehead atoms. The van der Waals surface area contributed by atoms with Gasteiger partial charge in [0, 0.05) is 17.4 Å². The molecule has 0 aliphatic heterocycles. The summed E-state index contributed by atoms with van der Waals surface area (Å²) in [6.45, 7) is 6.76. The molecule has 0 unspecified atom stereocenters. The molecule has 2 aromatic rings. The van der Waals surface area contributed by atoms with Crippen molar-refractivity contribution in [1.82, 2.24) is 10.2 Å². The second-order valence-electron chi connectivity index (χ2n) is 5.29. The van der Waals surface area contributed by atoms with E-state index >= 15 is 0 Å². The molecule has 1 aromatic carbocycles. The minimum Gasteiger partial charge on any atom is -0.494 e. The minimum absolute atomic E-state index is 0.227. The third kappa shape index (κ3) is 4.34. The zero-order valence-corrected chi connectivity index (χ0v) is 12.6. The summed E-state index contributed by atoms with van der Waals surface area (Å²) in [6, 6.07) is 9.11. The summed E-state index contributed by atoms with van der Waals surface area (Å²) in [7, 11) is 0. The van der Waals surface area contributed by atoms with E-state index in [0.717, 1.165) is 17.9 Å². The molecule has 21 heavy (non-hydrogen) atoms. The topological polar surface area (TPSA) is 67.0 Å². The van der Waals surface area contributed by atoms with Crippen molar-refractivity contribution in [3.05, 3.63) is 41.7 Å². The minimum atomic E-state index is -0.227. The normalized spacial score (nSPS) is 10.7. The second-order valence-corrected chi connectivity index (χ2v) is 5.29. The van der Waals surface area contributed by atoms with Gasteiger partial charge in [-0.2, -0.15) is 5.10 Å². The fraction of sp³-hybridized carbons (Fsp3) is 0.375. The first-order valence-electron chi connectivity index (χ1n) is 7.17. The number of aromatic amines is 1. The Balaban J connectivity index is 2.03. The first-order chi connectivity index (χ1) is 10.1. The van der Waals surface area contributed by atoms with Crippen LogP contribution in [-0.2, 0) is 6.42 Å². The smallest absolute Gasteiger partial charge is 0.276 e. The summed E-state index contributed by atoms with van der Waals surface area (Å²) in [5, 5.41) is 9.78. The number of nitrogens with zero attached hydrogens (tertiary/aromatic N) is 1. The molecular weight excluding hydrogens is 266 g/mol. The van der Waals surface area contributed by atoms with Crippen LogP contribution < -0.4 is 10.1 Å². The zero-order valence-electron chi connectivity index (χ0n) is 12.6. The number of amides is 1. The summed E-state index contributed by atoms with van der Waals surface area (Å²) in [4.78, 5) is 12.1. The lowest BCUT2D eigenvalue weighted by Gasteiger charge is -2.06. The fourth-order valence-corrected chi connectivity index (χ4v) is 2.05. The van der Waals surface area contributed by atoms with Gasteiger partial charge in [0.2, 0.25) is 0 Å². The molecule has 0 atom stereocenters. The summed E-state index contributed by atoms with van der Waals surface area (Å²) >= 11 is 0. The molecule has 0 saturated heterocycles. The fourth-order valence-electron chi connectivity index (χ4n) is 2.05. The maximum absolute atomic E-state index is 12.1. The molecular formula is C16H21N3O2. The molecule has 1 amide bonds. The van der Waals surface area contributed by atoms with Crippen molar-refractivity contribution >= 4 is 11.6 Å². The molecule has 2 N–H and O–H groups in total. The Labute approximate surface area is 124 Å². The third-order valence-corrected chi connectivity index (χ3v) is 2.89. The number of benzene rings is 1. The number of aromatic nitrogens is 2.